The van der Waals surface area contributed by atoms with E-state index in [9.17, 15) is 4.39 Å². The number of rotatable bonds is 3. The van der Waals surface area contributed by atoms with Gasteiger partial charge in [0, 0.05) is 12.1 Å². The maximum Gasteiger partial charge on any atom is 0.126 e. The summed E-state index contributed by atoms with van der Waals surface area (Å²) < 4.78 is 18.7. The quantitative estimate of drug-likeness (QED) is 0.825. The maximum absolute atomic E-state index is 12.9. The van der Waals surface area contributed by atoms with Crippen molar-refractivity contribution >= 4 is 0 Å². The average Bonchev–Trinajstić information content (AvgIpc) is 2.65. The van der Waals surface area contributed by atoms with Crippen LogP contribution in [0, 0.1) is 5.82 Å². The maximum atomic E-state index is 12.9. The highest BCUT2D eigenvalue weighted by Gasteiger charge is 2.27. The zero-order valence-electron chi connectivity index (χ0n) is 8.87. The van der Waals surface area contributed by atoms with Crippen LogP contribution in [-0.4, -0.2) is 19.2 Å². The van der Waals surface area contributed by atoms with Crippen LogP contribution in [0.15, 0.2) is 24.3 Å². The Morgan fingerprint density at radius 3 is 3.00 bits per heavy atom. The van der Waals surface area contributed by atoms with Gasteiger partial charge in [-0.05, 0) is 38.4 Å². The van der Waals surface area contributed by atoms with Crippen molar-refractivity contribution in [2.75, 3.05) is 7.05 Å². The van der Waals surface area contributed by atoms with Gasteiger partial charge >= 0.3 is 0 Å². The Bertz CT molecular complexity index is 329. The van der Waals surface area contributed by atoms with Gasteiger partial charge in [0.05, 0.1) is 0 Å². The number of nitrogens with one attached hydrogen (secondary N) is 1. The molecule has 2 unspecified atom stereocenters. The first-order chi connectivity index (χ1) is 7.29. The summed E-state index contributed by atoms with van der Waals surface area (Å²) in [6.07, 6.45) is 3.53. The lowest BCUT2D eigenvalue weighted by Gasteiger charge is -2.20. The summed E-state index contributed by atoms with van der Waals surface area (Å²) in [6, 6.07) is 6.73. The fraction of sp³-hybridized carbons (Fsp3) is 0.500. The predicted molar refractivity (Wildman–Crippen MR) is 57.5 cm³/mol. The minimum absolute atomic E-state index is 0.178. The predicted octanol–water partition coefficient (Wildman–Crippen LogP) is 2.35. The van der Waals surface area contributed by atoms with E-state index in [0.29, 0.717) is 11.8 Å². The first kappa shape index (κ1) is 10.4. The summed E-state index contributed by atoms with van der Waals surface area (Å²) in [7, 11) is 1.94. The smallest absolute Gasteiger partial charge is 0.126 e. The minimum atomic E-state index is -0.244. The Morgan fingerprint density at radius 2 is 2.27 bits per heavy atom. The molecule has 0 saturated heterocycles. The number of hydrogen-bond acceptors (Lipinski definition) is 2. The second-order valence-electron chi connectivity index (χ2n) is 3.94. The summed E-state index contributed by atoms with van der Waals surface area (Å²) in [4.78, 5) is 0. The van der Waals surface area contributed by atoms with E-state index >= 15 is 0 Å². The van der Waals surface area contributed by atoms with Gasteiger partial charge < -0.3 is 10.1 Å². The number of ether oxygens (including phenoxy) is 1. The standard InChI is InChI=1S/C12H16FNO/c1-14-11-6-3-7-12(11)15-10-5-2-4-9(13)8-10/h2,4-5,8,11-12,14H,3,6-7H2,1H3. The molecule has 3 heteroatoms. The Labute approximate surface area is 89.4 Å². The van der Waals surface area contributed by atoms with Crippen molar-refractivity contribution in [1.29, 1.82) is 0 Å². The van der Waals surface area contributed by atoms with Crippen LogP contribution in [0.3, 0.4) is 0 Å². The van der Waals surface area contributed by atoms with E-state index in [4.69, 9.17) is 4.74 Å². The van der Waals surface area contributed by atoms with Crippen molar-refractivity contribution in [3.05, 3.63) is 30.1 Å². The van der Waals surface area contributed by atoms with Gasteiger partial charge in [-0.15, -0.1) is 0 Å². The molecule has 2 rings (SSSR count). The zero-order valence-corrected chi connectivity index (χ0v) is 8.87. The Hall–Kier alpha value is -1.09. The van der Waals surface area contributed by atoms with Gasteiger partial charge in [0.2, 0.25) is 0 Å². The molecule has 2 atom stereocenters. The molecule has 0 amide bonds. The second-order valence-corrected chi connectivity index (χ2v) is 3.94. The van der Waals surface area contributed by atoms with Crippen LogP contribution >= 0.6 is 0 Å². The summed E-state index contributed by atoms with van der Waals surface area (Å²) in [6.45, 7) is 0. The molecule has 1 N–H and O–H groups in total. The Morgan fingerprint density at radius 1 is 1.40 bits per heavy atom. The number of hydrogen-bond donors (Lipinski definition) is 1. The lowest BCUT2D eigenvalue weighted by Crippen LogP contribution is -2.36. The van der Waals surface area contributed by atoms with Gasteiger partial charge in [0.25, 0.3) is 0 Å². The SMILES string of the molecule is CNC1CCCC1Oc1cccc(F)c1. The molecule has 0 spiro atoms. The van der Waals surface area contributed by atoms with Crippen LogP contribution in [0.2, 0.25) is 0 Å². The molecule has 1 aromatic rings. The molecule has 1 saturated carbocycles. The van der Waals surface area contributed by atoms with Crippen LogP contribution in [0.5, 0.6) is 5.75 Å². The Kier molecular flexibility index (Phi) is 3.21. The number of likely N-dealkylation sites (N-methyl/N-ethyl adjacent to an activating group) is 1. The average molecular weight is 209 g/mol. The highest BCUT2D eigenvalue weighted by molar-refractivity contribution is 5.23. The number of halogens is 1. The minimum Gasteiger partial charge on any atom is -0.489 e. The summed E-state index contributed by atoms with van der Waals surface area (Å²) in [5, 5.41) is 3.23. The highest BCUT2D eigenvalue weighted by Crippen LogP contribution is 2.24. The first-order valence-corrected chi connectivity index (χ1v) is 5.39. The molecule has 0 aromatic heterocycles. The van der Waals surface area contributed by atoms with Crippen LogP contribution in [0.4, 0.5) is 4.39 Å². The molecule has 2 nitrogen and oxygen atoms in total. The van der Waals surface area contributed by atoms with E-state index in [1.165, 1.54) is 18.6 Å². The van der Waals surface area contributed by atoms with Gasteiger partial charge in [-0.2, -0.15) is 0 Å². The first-order valence-electron chi connectivity index (χ1n) is 5.39. The molecule has 1 aliphatic carbocycles. The van der Waals surface area contributed by atoms with E-state index in [0.717, 1.165) is 12.8 Å². The molecule has 15 heavy (non-hydrogen) atoms. The van der Waals surface area contributed by atoms with Crippen molar-refractivity contribution in [2.45, 2.75) is 31.4 Å². The van der Waals surface area contributed by atoms with E-state index in [1.54, 1.807) is 12.1 Å². The van der Waals surface area contributed by atoms with E-state index < -0.39 is 0 Å². The molecule has 1 fully saturated rings. The Balaban J connectivity index is 2.02. The largest absolute Gasteiger partial charge is 0.489 e. The summed E-state index contributed by atoms with van der Waals surface area (Å²) in [5.74, 6) is 0.383. The third kappa shape index (κ3) is 2.48. The van der Waals surface area contributed by atoms with Gasteiger partial charge in [-0.1, -0.05) is 6.07 Å². The van der Waals surface area contributed by atoms with Crippen molar-refractivity contribution < 1.29 is 9.13 Å². The third-order valence-corrected chi connectivity index (χ3v) is 2.91. The molecule has 0 aliphatic heterocycles. The van der Waals surface area contributed by atoms with Crippen molar-refractivity contribution in [3.8, 4) is 5.75 Å². The molecule has 0 radical (unpaired) electrons. The second kappa shape index (κ2) is 4.62. The van der Waals surface area contributed by atoms with Crippen LogP contribution < -0.4 is 10.1 Å². The fourth-order valence-corrected chi connectivity index (χ4v) is 2.11. The van der Waals surface area contributed by atoms with Crippen molar-refractivity contribution in [2.24, 2.45) is 0 Å². The molecule has 82 valence electrons. The molecule has 1 aromatic carbocycles. The van der Waals surface area contributed by atoms with Crippen LogP contribution in [-0.2, 0) is 0 Å². The highest BCUT2D eigenvalue weighted by atomic mass is 19.1. The molecule has 1 aliphatic rings. The monoisotopic (exact) mass is 209 g/mol. The van der Waals surface area contributed by atoms with Gasteiger partial charge in [0.15, 0.2) is 0 Å². The molecular weight excluding hydrogens is 193 g/mol. The van der Waals surface area contributed by atoms with Crippen molar-refractivity contribution in [1.82, 2.24) is 5.32 Å². The van der Waals surface area contributed by atoms with Crippen LogP contribution in [0.25, 0.3) is 0 Å². The van der Waals surface area contributed by atoms with E-state index in [2.05, 4.69) is 5.32 Å². The normalized spacial score (nSPS) is 25.5. The van der Waals surface area contributed by atoms with E-state index in [1.807, 2.05) is 7.05 Å². The topological polar surface area (TPSA) is 21.3 Å². The van der Waals surface area contributed by atoms with Crippen LogP contribution in [0.1, 0.15) is 19.3 Å². The van der Waals surface area contributed by atoms with Crippen molar-refractivity contribution in [3.63, 3.8) is 0 Å². The lowest BCUT2D eigenvalue weighted by molar-refractivity contribution is 0.178. The fourth-order valence-electron chi connectivity index (χ4n) is 2.11. The molecular formula is C12H16FNO. The summed E-state index contributed by atoms with van der Waals surface area (Å²) >= 11 is 0. The van der Waals surface area contributed by atoms with Gasteiger partial charge in [-0.25, -0.2) is 4.39 Å². The van der Waals surface area contributed by atoms with Gasteiger partial charge in [-0.3, -0.25) is 0 Å². The molecule has 0 bridgehead atoms. The third-order valence-electron chi connectivity index (χ3n) is 2.91. The zero-order chi connectivity index (χ0) is 10.7. The van der Waals surface area contributed by atoms with Gasteiger partial charge in [0.1, 0.15) is 17.7 Å². The number of benzene rings is 1. The van der Waals surface area contributed by atoms with E-state index in [-0.39, 0.29) is 11.9 Å². The molecule has 0 heterocycles. The summed E-state index contributed by atoms with van der Waals surface area (Å²) in [5.41, 5.74) is 0. The lowest BCUT2D eigenvalue weighted by atomic mass is 10.2.